The van der Waals surface area contributed by atoms with Gasteiger partial charge in [-0.25, -0.2) is 0 Å². The largest absolute Gasteiger partial charge is 0.409 e. The van der Waals surface area contributed by atoms with Gasteiger partial charge in [0.1, 0.15) is 5.41 Å². The van der Waals surface area contributed by atoms with Crippen LogP contribution in [0.25, 0.3) is 0 Å². The number of carbonyl (C=O) groups excluding carboxylic acids is 1. The Bertz CT molecular complexity index is 313. The molecule has 1 unspecified atom stereocenters. The summed E-state index contributed by atoms with van der Waals surface area (Å²) in [5, 5.41) is 11.7. The van der Waals surface area contributed by atoms with E-state index in [9.17, 15) is 4.79 Å². The first-order chi connectivity index (χ1) is 8.18. The maximum Gasteiger partial charge on any atom is 0.236 e. The summed E-state index contributed by atoms with van der Waals surface area (Å²) in [4.78, 5) is 16.2. The van der Waals surface area contributed by atoms with Gasteiger partial charge in [-0.1, -0.05) is 5.16 Å². The van der Waals surface area contributed by atoms with E-state index in [2.05, 4.69) is 5.16 Å². The highest BCUT2D eigenvalue weighted by molar-refractivity contribution is 6.05. The lowest BCUT2D eigenvalue weighted by atomic mass is 9.89. The second kappa shape index (κ2) is 6.58. The molecule has 106 valence electrons. The lowest BCUT2D eigenvalue weighted by molar-refractivity contribution is -0.139. The minimum atomic E-state index is -0.995. The molecule has 6 nitrogen and oxygen atoms in total. The zero-order valence-corrected chi connectivity index (χ0v) is 12.3. The Kier molecular flexibility index (Phi) is 6.11. The van der Waals surface area contributed by atoms with Gasteiger partial charge in [0.15, 0.2) is 5.84 Å². The summed E-state index contributed by atoms with van der Waals surface area (Å²) in [6, 6.07) is 0.0725. The standard InChI is InChI=1S/C12H26N4O2/c1-7-16(9(2)8-15(5)6)11(17)12(3,4)10(13)14-18/h9,18H,7-8H2,1-6H3,(H2,13,14). The maximum absolute atomic E-state index is 12.5. The summed E-state index contributed by atoms with van der Waals surface area (Å²) < 4.78 is 0. The highest BCUT2D eigenvalue weighted by atomic mass is 16.4. The summed E-state index contributed by atoms with van der Waals surface area (Å²) in [7, 11) is 3.92. The highest BCUT2D eigenvalue weighted by Crippen LogP contribution is 2.20. The van der Waals surface area contributed by atoms with Crippen molar-refractivity contribution in [2.45, 2.75) is 33.7 Å². The number of nitrogens with zero attached hydrogens (tertiary/aromatic N) is 3. The molecule has 3 N–H and O–H groups in total. The molecule has 0 aromatic heterocycles. The molecule has 0 spiro atoms. The van der Waals surface area contributed by atoms with Gasteiger partial charge in [-0.05, 0) is 41.8 Å². The van der Waals surface area contributed by atoms with Crippen LogP contribution in [0.5, 0.6) is 0 Å². The monoisotopic (exact) mass is 258 g/mol. The lowest BCUT2D eigenvalue weighted by Crippen LogP contribution is -2.52. The fourth-order valence-corrected chi connectivity index (χ4v) is 1.88. The number of rotatable bonds is 6. The molecule has 0 fully saturated rings. The number of likely N-dealkylation sites (N-methyl/N-ethyl adjacent to an activating group) is 2. The van der Waals surface area contributed by atoms with Crippen molar-refractivity contribution in [1.29, 1.82) is 0 Å². The van der Waals surface area contributed by atoms with Gasteiger partial charge in [-0.3, -0.25) is 4.79 Å². The van der Waals surface area contributed by atoms with Gasteiger partial charge in [0.25, 0.3) is 0 Å². The van der Waals surface area contributed by atoms with Gasteiger partial charge in [-0.15, -0.1) is 0 Å². The number of amidine groups is 1. The first kappa shape index (κ1) is 16.7. The molecule has 18 heavy (non-hydrogen) atoms. The average molecular weight is 258 g/mol. The van der Waals surface area contributed by atoms with Crippen molar-refractivity contribution < 1.29 is 10.0 Å². The summed E-state index contributed by atoms with van der Waals surface area (Å²) in [6.07, 6.45) is 0. The van der Waals surface area contributed by atoms with E-state index in [0.717, 1.165) is 6.54 Å². The molecule has 1 amide bonds. The summed E-state index contributed by atoms with van der Waals surface area (Å²) in [5.41, 5.74) is 4.59. The highest BCUT2D eigenvalue weighted by Gasteiger charge is 2.37. The Labute approximate surface area is 109 Å². The molecule has 0 aromatic carbocycles. The summed E-state index contributed by atoms with van der Waals surface area (Å²) in [6.45, 7) is 8.60. The Hall–Kier alpha value is -1.30. The van der Waals surface area contributed by atoms with Crippen LogP contribution in [0.3, 0.4) is 0 Å². The Morgan fingerprint density at radius 2 is 1.94 bits per heavy atom. The number of carbonyl (C=O) groups is 1. The topological polar surface area (TPSA) is 82.2 Å². The molecule has 0 radical (unpaired) electrons. The van der Waals surface area contributed by atoms with Crippen molar-refractivity contribution in [1.82, 2.24) is 9.80 Å². The predicted octanol–water partition coefficient (Wildman–Crippen LogP) is 0.558. The fraction of sp³-hybridized carbons (Fsp3) is 0.833. The van der Waals surface area contributed by atoms with Crippen LogP contribution < -0.4 is 5.73 Å². The predicted molar refractivity (Wildman–Crippen MR) is 72.6 cm³/mol. The van der Waals surface area contributed by atoms with Gasteiger partial charge in [-0.2, -0.15) is 0 Å². The third-order valence-corrected chi connectivity index (χ3v) is 3.05. The van der Waals surface area contributed by atoms with Crippen LogP contribution in [0.15, 0.2) is 5.16 Å². The van der Waals surface area contributed by atoms with E-state index in [0.29, 0.717) is 6.54 Å². The molecule has 6 heteroatoms. The molecule has 0 saturated carbocycles. The fourth-order valence-electron chi connectivity index (χ4n) is 1.88. The molecule has 0 saturated heterocycles. The maximum atomic E-state index is 12.5. The van der Waals surface area contributed by atoms with Crippen LogP contribution in [-0.4, -0.2) is 60.0 Å². The molecule has 0 heterocycles. The van der Waals surface area contributed by atoms with Crippen molar-refractivity contribution in [3.05, 3.63) is 0 Å². The normalized spacial score (nSPS) is 14.7. The number of oxime groups is 1. The Morgan fingerprint density at radius 1 is 1.44 bits per heavy atom. The van der Waals surface area contributed by atoms with E-state index in [1.165, 1.54) is 0 Å². The first-order valence-electron chi connectivity index (χ1n) is 6.12. The SMILES string of the molecule is CCN(C(=O)C(C)(C)C(N)=NO)C(C)CN(C)C. The smallest absolute Gasteiger partial charge is 0.236 e. The van der Waals surface area contributed by atoms with E-state index in [-0.39, 0.29) is 17.8 Å². The first-order valence-corrected chi connectivity index (χ1v) is 6.12. The van der Waals surface area contributed by atoms with Gasteiger partial charge in [0.2, 0.25) is 5.91 Å². The van der Waals surface area contributed by atoms with Crippen LogP contribution >= 0.6 is 0 Å². The average Bonchev–Trinajstić information content (AvgIpc) is 2.27. The van der Waals surface area contributed by atoms with Gasteiger partial charge in [0.05, 0.1) is 0 Å². The third kappa shape index (κ3) is 3.87. The molecular weight excluding hydrogens is 232 g/mol. The van der Waals surface area contributed by atoms with Crippen LogP contribution in [0.4, 0.5) is 0 Å². The molecule has 0 aliphatic rings. The molecule has 0 rings (SSSR count). The molecule has 0 bridgehead atoms. The van der Waals surface area contributed by atoms with Crippen molar-refractivity contribution in [3.8, 4) is 0 Å². The number of nitrogens with two attached hydrogens (primary N) is 1. The van der Waals surface area contributed by atoms with E-state index in [1.807, 2.05) is 32.8 Å². The number of hydrogen-bond donors (Lipinski definition) is 2. The number of amides is 1. The number of hydrogen-bond acceptors (Lipinski definition) is 4. The van der Waals surface area contributed by atoms with Crippen LogP contribution in [0.2, 0.25) is 0 Å². The van der Waals surface area contributed by atoms with E-state index >= 15 is 0 Å². The van der Waals surface area contributed by atoms with Gasteiger partial charge < -0.3 is 20.7 Å². The van der Waals surface area contributed by atoms with Crippen molar-refractivity contribution in [2.75, 3.05) is 27.2 Å². The van der Waals surface area contributed by atoms with Crippen LogP contribution in [0.1, 0.15) is 27.7 Å². The second-order valence-corrected chi connectivity index (χ2v) is 5.31. The molecule has 0 aliphatic carbocycles. The Balaban J connectivity index is 5.02. The molecular formula is C12H26N4O2. The minimum Gasteiger partial charge on any atom is -0.409 e. The molecule has 0 aliphatic heterocycles. The summed E-state index contributed by atoms with van der Waals surface area (Å²) >= 11 is 0. The third-order valence-electron chi connectivity index (χ3n) is 3.05. The van der Waals surface area contributed by atoms with E-state index < -0.39 is 5.41 Å². The zero-order valence-electron chi connectivity index (χ0n) is 12.3. The van der Waals surface area contributed by atoms with Crippen molar-refractivity contribution >= 4 is 11.7 Å². The quantitative estimate of drug-likeness (QED) is 0.315. The van der Waals surface area contributed by atoms with Gasteiger partial charge in [0, 0.05) is 19.1 Å². The van der Waals surface area contributed by atoms with Gasteiger partial charge >= 0.3 is 0 Å². The van der Waals surface area contributed by atoms with Crippen LogP contribution in [-0.2, 0) is 4.79 Å². The van der Waals surface area contributed by atoms with Crippen LogP contribution in [0, 0.1) is 5.41 Å². The second-order valence-electron chi connectivity index (χ2n) is 5.31. The van der Waals surface area contributed by atoms with Crippen molar-refractivity contribution in [3.63, 3.8) is 0 Å². The minimum absolute atomic E-state index is 0.0667. The van der Waals surface area contributed by atoms with E-state index in [1.54, 1.807) is 18.7 Å². The summed E-state index contributed by atoms with van der Waals surface area (Å²) in [5.74, 6) is -0.197. The van der Waals surface area contributed by atoms with E-state index in [4.69, 9.17) is 10.9 Å². The Morgan fingerprint density at radius 3 is 2.28 bits per heavy atom. The zero-order chi connectivity index (χ0) is 14.5. The molecule has 0 aromatic rings. The van der Waals surface area contributed by atoms with Crippen molar-refractivity contribution in [2.24, 2.45) is 16.3 Å². The lowest BCUT2D eigenvalue weighted by Gasteiger charge is -2.35. The molecule has 1 atom stereocenters.